The molecule has 102 valence electrons. The number of hydrogen-bond donors (Lipinski definition) is 2. The quantitative estimate of drug-likeness (QED) is 0.887. The number of halogens is 1. The molecule has 1 unspecified atom stereocenters. The summed E-state index contributed by atoms with van der Waals surface area (Å²) in [7, 11) is 1.51. The minimum atomic E-state index is -0.340. The van der Waals surface area contributed by atoms with Gasteiger partial charge in [0.1, 0.15) is 5.75 Å². The van der Waals surface area contributed by atoms with Crippen molar-refractivity contribution in [2.75, 3.05) is 19.0 Å². The van der Waals surface area contributed by atoms with Crippen LogP contribution in [0.15, 0.2) is 12.1 Å². The van der Waals surface area contributed by atoms with E-state index in [9.17, 15) is 9.59 Å². The van der Waals surface area contributed by atoms with Crippen LogP contribution in [0.5, 0.6) is 5.75 Å². The predicted octanol–water partition coefficient (Wildman–Crippen LogP) is 1.73. The Hall–Kier alpha value is -1.75. The van der Waals surface area contributed by atoms with Crippen LogP contribution in [0.3, 0.4) is 0 Å². The normalized spacial score (nSPS) is 18.1. The van der Waals surface area contributed by atoms with Crippen LogP contribution in [0.2, 0.25) is 5.02 Å². The monoisotopic (exact) mass is 282 g/mol. The molecular weight excluding hydrogens is 268 g/mol. The lowest BCUT2D eigenvalue weighted by atomic mass is 10.1. The molecule has 0 aliphatic carbocycles. The van der Waals surface area contributed by atoms with Crippen molar-refractivity contribution in [1.82, 2.24) is 5.32 Å². The third-order valence-electron chi connectivity index (χ3n) is 3.09. The number of benzene rings is 1. The fourth-order valence-corrected chi connectivity index (χ4v) is 2.11. The van der Waals surface area contributed by atoms with Crippen LogP contribution in [-0.2, 0) is 9.59 Å². The van der Waals surface area contributed by atoms with E-state index in [1.165, 1.54) is 7.11 Å². The average Bonchev–Trinajstić information content (AvgIpc) is 2.80. The highest BCUT2D eigenvalue weighted by molar-refractivity contribution is 6.31. The Labute approximate surface area is 116 Å². The molecule has 2 rings (SSSR count). The first-order valence-electron chi connectivity index (χ1n) is 5.93. The fraction of sp³-hybridized carbons (Fsp3) is 0.385. The van der Waals surface area contributed by atoms with Gasteiger partial charge >= 0.3 is 0 Å². The van der Waals surface area contributed by atoms with Gasteiger partial charge in [-0.2, -0.15) is 0 Å². The standard InChI is InChI=1S/C13H15ClN2O3/c1-7-3-10(11(19-2)5-9(7)14)16-13(18)8-4-12(17)15-6-8/h3,5,8H,4,6H2,1-2H3,(H,15,17)(H,16,18). The average molecular weight is 283 g/mol. The topological polar surface area (TPSA) is 67.4 Å². The molecule has 1 aliphatic rings. The zero-order valence-electron chi connectivity index (χ0n) is 10.7. The lowest BCUT2D eigenvalue weighted by Crippen LogP contribution is -2.24. The van der Waals surface area contributed by atoms with Crippen LogP contribution in [-0.4, -0.2) is 25.5 Å². The van der Waals surface area contributed by atoms with Crippen molar-refractivity contribution in [2.24, 2.45) is 5.92 Å². The molecule has 1 fully saturated rings. The smallest absolute Gasteiger partial charge is 0.229 e. The van der Waals surface area contributed by atoms with E-state index in [1.807, 2.05) is 6.92 Å². The predicted molar refractivity (Wildman–Crippen MR) is 72.5 cm³/mol. The maximum Gasteiger partial charge on any atom is 0.229 e. The van der Waals surface area contributed by atoms with E-state index in [0.29, 0.717) is 23.0 Å². The van der Waals surface area contributed by atoms with E-state index in [4.69, 9.17) is 16.3 Å². The first-order chi connectivity index (χ1) is 9.01. The summed E-state index contributed by atoms with van der Waals surface area (Å²) in [5, 5.41) is 5.99. The molecular formula is C13H15ClN2O3. The zero-order chi connectivity index (χ0) is 14.0. The zero-order valence-corrected chi connectivity index (χ0v) is 11.5. The third kappa shape index (κ3) is 2.98. The summed E-state index contributed by atoms with van der Waals surface area (Å²) in [5.41, 5.74) is 1.41. The van der Waals surface area contributed by atoms with Gasteiger partial charge in [0.05, 0.1) is 18.7 Å². The molecule has 0 bridgehead atoms. The van der Waals surface area contributed by atoms with Gasteiger partial charge in [-0.3, -0.25) is 9.59 Å². The summed E-state index contributed by atoms with van der Waals surface area (Å²) in [6.45, 7) is 2.22. The van der Waals surface area contributed by atoms with Gasteiger partial charge in [-0.05, 0) is 18.6 Å². The van der Waals surface area contributed by atoms with E-state index in [-0.39, 0.29) is 24.2 Å². The summed E-state index contributed by atoms with van der Waals surface area (Å²) >= 11 is 6.00. The van der Waals surface area contributed by atoms with Gasteiger partial charge in [0.15, 0.2) is 0 Å². The number of amides is 2. The summed E-state index contributed by atoms with van der Waals surface area (Å²) in [5.74, 6) is -0.132. The molecule has 2 N–H and O–H groups in total. The lowest BCUT2D eigenvalue weighted by Gasteiger charge is -2.14. The number of methoxy groups -OCH3 is 1. The molecule has 1 saturated heterocycles. The summed E-state index contributed by atoms with van der Waals surface area (Å²) in [6, 6.07) is 3.41. The van der Waals surface area contributed by atoms with Gasteiger partial charge in [-0.25, -0.2) is 0 Å². The summed E-state index contributed by atoms with van der Waals surface area (Å²) in [6.07, 6.45) is 0.223. The summed E-state index contributed by atoms with van der Waals surface area (Å²) in [4.78, 5) is 23.1. The van der Waals surface area contributed by atoms with Crippen molar-refractivity contribution in [3.05, 3.63) is 22.7 Å². The van der Waals surface area contributed by atoms with E-state index in [0.717, 1.165) is 5.56 Å². The number of hydrogen-bond acceptors (Lipinski definition) is 3. The lowest BCUT2D eigenvalue weighted by molar-refractivity contribution is -0.123. The molecule has 1 aromatic rings. The summed E-state index contributed by atoms with van der Waals surface area (Å²) < 4.78 is 5.18. The molecule has 19 heavy (non-hydrogen) atoms. The van der Waals surface area contributed by atoms with E-state index < -0.39 is 0 Å². The Morgan fingerprint density at radius 3 is 2.84 bits per heavy atom. The van der Waals surface area contributed by atoms with Crippen LogP contribution < -0.4 is 15.4 Å². The second-order valence-electron chi connectivity index (χ2n) is 4.50. The van der Waals surface area contributed by atoms with Gasteiger partial charge in [-0.15, -0.1) is 0 Å². The second-order valence-corrected chi connectivity index (χ2v) is 4.90. The Balaban J connectivity index is 2.16. The Bertz CT molecular complexity index is 531. The second kappa shape index (κ2) is 5.48. The van der Waals surface area contributed by atoms with E-state index in [1.54, 1.807) is 12.1 Å². The largest absolute Gasteiger partial charge is 0.495 e. The molecule has 1 atom stereocenters. The number of carbonyl (C=O) groups excluding carboxylic acids is 2. The highest BCUT2D eigenvalue weighted by Crippen LogP contribution is 2.31. The van der Waals surface area contributed by atoms with Gasteiger partial charge in [-0.1, -0.05) is 11.6 Å². The Kier molecular flexibility index (Phi) is 3.95. The molecule has 1 heterocycles. The number of rotatable bonds is 3. The van der Waals surface area contributed by atoms with Crippen molar-refractivity contribution < 1.29 is 14.3 Å². The maximum absolute atomic E-state index is 12.0. The van der Waals surface area contributed by atoms with Crippen molar-refractivity contribution in [3.8, 4) is 5.75 Å². The molecule has 0 radical (unpaired) electrons. The number of carbonyl (C=O) groups is 2. The van der Waals surface area contributed by atoms with Crippen LogP contribution in [0.4, 0.5) is 5.69 Å². The van der Waals surface area contributed by atoms with Crippen LogP contribution in [0, 0.1) is 12.8 Å². The highest BCUT2D eigenvalue weighted by atomic mass is 35.5. The van der Waals surface area contributed by atoms with E-state index >= 15 is 0 Å². The third-order valence-corrected chi connectivity index (χ3v) is 3.49. The molecule has 1 aromatic carbocycles. The molecule has 0 spiro atoms. The molecule has 1 aliphatic heterocycles. The van der Waals surface area contributed by atoms with Crippen LogP contribution >= 0.6 is 11.6 Å². The Morgan fingerprint density at radius 2 is 2.26 bits per heavy atom. The minimum Gasteiger partial charge on any atom is -0.495 e. The number of anilines is 1. The van der Waals surface area contributed by atoms with Gasteiger partial charge in [0, 0.05) is 24.1 Å². The van der Waals surface area contributed by atoms with Crippen molar-refractivity contribution in [2.45, 2.75) is 13.3 Å². The molecule has 5 nitrogen and oxygen atoms in total. The Morgan fingerprint density at radius 1 is 1.53 bits per heavy atom. The van der Waals surface area contributed by atoms with Crippen molar-refractivity contribution in [3.63, 3.8) is 0 Å². The van der Waals surface area contributed by atoms with Crippen molar-refractivity contribution >= 4 is 29.1 Å². The highest BCUT2D eigenvalue weighted by Gasteiger charge is 2.28. The first kappa shape index (κ1) is 13.7. The number of aryl methyl sites for hydroxylation is 1. The molecule has 0 saturated carbocycles. The number of ether oxygens (including phenoxy) is 1. The minimum absolute atomic E-state index is 0.0978. The van der Waals surface area contributed by atoms with Gasteiger partial charge in [0.2, 0.25) is 11.8 Å². The molecule has 0 aromatic heterocycles. The van der Waals surface area contributed by atoms with Gasteiger partial charge < -0.3 is 15.4 Å². The maximum atomic E-state index is 12.0. The van der Waals surface area contributed by atoms with Gasteiger partial charge in [0.25, 0.3) is 0 Å². The van der Waals surface area contributed by atoms with E-state index in [2.05, 4.69) is 10.6 Å². The molecule has 2 amide bonds. The number of nitrogens with one attached hydrogen (secondary N) is 2. The van der Waals surface area contributed by atoms with Crippen LogP contribution in [0.1, 0.15) is 12.0 Å². The van der Waals surface area contributed by atoms with Crippen molar-refractivity contribution in [1.29, 1.82) is 0 Å². The SMILES string of the molecule is COc1cc(Cl)c(C)cc1NC(=O)C1CNC(=O)C1. The van der Waals surface area contributed by atoms with Crippen LogP contribution in [0.25, 0.3) is 0 Å². The first-order valence-corrected chi connectivity index (χ1v) is 6.30. The molecule has 6 heteroatoms. The fourth-order valence-electron chi connectivity index (χ4n) is 1.96.